The van der Waals surface area contributed by atoms with Gasteiger partial charge < -0.3 is 11.1 Å². The molecule has 0 bridgehead atoms. The number of nitrogens with one attached hydrogen (secondary N) is 1. The molecule has 3 N–H and O–H groups in total. The minimum Gasteiger partial charge on any atom is -0.368 e. The van der Waals surface area contributed by atoms with Gasteiger partial charge in [-0.05, 0) is 11.4 Å². The van der Waals surface area contributed by atoms with Crippen LogP contribution in [0.25, 0.3) is 0 Å². The highest BCUT2D eigenvalue weighted by Gasteiger charge is 2.11. The summed E-state index contributed by atoms with van der Waals surface area (Å²) in [5, 5.41) is 4.42. The van der Waals surface area contributed by atoms with Gasteiger partial charge in [0.1, 0.15) is 4.88 Å². The standard InChI is InChI=1S/C7H7ClN2O2S/c8-4-1-2-13-6(4)7(12)10-3-5(9)11/h1-2H,3H2,(H2,9,11)(H,10,12). The Morgan fingerprint density at radius 1 is 1.62 bits per heavy atom. The maximum atomic E-state index is 11.2. The van der Waals surface area contributed by atoms with Crippen LogP contribution in [0.4, 0.5) is 0 Å². The fraction of sp³-hybridized carbons (Fsp3) is 0.143. The molecular formula is C7H7ClN2O2S. The normalized spacial score (nSPS) is 9.62. The van der Waals surface area contributed by atoms with Crippen LogP contribution in [0.15, 0.2) is 11.4 Å². The number of nitrogens with two attached hydrogens (primary N) is 1. The van der Waals surface area contributed by atoms with E-state index < -0.39 is 5.91 Å². The first-order chi connectivity index (χ1) is 6.11. The number of hydrogen-bond donors (Lipinski definition) is 2. The number of rotatable bonds is 3. The molecule has 70 valence electrons. The molecule has 0 saturated carbocycles. The van der Waals surface area contributed by atoms with Crippen molar-refractivity contribution >= 4 is 34.8 Å². The Bertz CT molecular complexity index is 337. The third kappa shape index (κ3) is 2.71. The van der Waals surface area contributed by atoms with E-state index in [0.29, 0.717) is 9.90 Å². The number of hydrogen-bond acceptors (Lipinski definition) is 3. The lowest BCUT2D eigenvalue weighted by atomic mass is 10.4. The zero-order chi connectivity index (χ0) is 9.84. The summed E-state index contributed by atoms with van der Waals surface area (Å²) in [6.07, 6.45) is 0. The van der Waals surface area contributed by atoms with Crippen molar-refractivity contribution in [3.05, 3.63) is 21.3 Å². The first-order valence-electron chi connectivity index (χ1n) is 3.40. The fourth-order valence-corrected chi connectivity index (χ4v) is 1.76. The van der Waals surface area contributed by atoms with Gasteiger partial charge in [-0.3, -0.25) is 9.59 Å². The van der Waals surface area contributed by atoms with Gasteiger partial charge in [0, 0.05) is 0 Å². The van der Waals surface area contributed by atoms with E-state index in [-0.39, 0.29) is 12.5 Å². The minimum absolute atomic E-state index is 0.174. The zero-order valence-corrected chi connectivity index (χ0v) is 8.11. The first-order valence-corrected chi connectivity index (χ1v) is 4.66. The summed E-state index contributed by atoms with van der Waals surface area (Å²) < 4.78 is 0. The Morgan fingerprint density at radius 3 is 2.77 bits per heavy atom. The van der Waals surface area contributed by atoms with Crippen LogP contribution < -0.4 is 11.1 Å². The zero-order valence-electron chi connectivity index (χ0n) is 6.54. The van der Waals surface area contributed by atoms with Crippen molar-refractivity contribution in [2.24, 2.45) is 5.73 Å². The van der Waals surface area contributed by atoms with Crippen molar-refractivity contribution in [1.29, 1.82) is 0 Å². The highest BCUT2D eigenvalue weighted by atomic mass is 35.5. The Kier molecular flexibility index (Phi) is 3.27. The summed E-state index contributed by atoms with van der Waals surface area (Å²) in [6.45, 7) is -0.174. The third-order valence-corrected chi connectivity index (χ3v) is 2.59. The molecule has 4 nitrogen and oxygen atoms in total. The number of thiophene rings is 1. The van der Waals surface area contributed by atoms with E-state index in [9.17, 15) is 9.59 Å². The molecule has 0 fully saturated rings. The lowest BCUT2D eigenvalue weighted by molar-refractivity contribution is -0.117. The summed E-state index contributed by atoms with van der Waals surface area (Å²) in [6, 6.07) is 1.62. The lowest BCUT2D eigenvalue weighted by Crippen LogP contribution is -2.32. The molecule has 0 atom stereocenters. The van der Waals surface area contributed by atoms with Crippen molar-refractivity contribution < 1.29 is 9.59 Å². The van der Waals surface area contributed by atoms with Gasteiger partial charge >= 0.3 is 0 Å². The van der Waals surface area contributed by atoms with E-state index in [1.165, 1.54) is 11.3 Å². The van der Waals surface area contributed by atoms with E-state index in [1.54, 1.807) is 11.4 Å². The van der Waals surface area contributed by atoms with Crippen molar-refractivity contribution in [3.63, 3.8) is 0 Å². The van der Waals surface area contributed by atoms with Gasteiger partial charge in [0.05, 0.1) is 11.6 Å². The van der Waals surface area contributed by atoms with E-state index in [0.717, 1.165) is 0 Å². The van der Waals surface area contributed by atoms with Gasteiger partial charge in [-0.1, -0.05) is 11.6 Å². The summed E-state index contributed by atoms with van der Waals surface area (Å²) >= 11 is 6.90. The molecule has 0 saturated heterocycles. The van der Waals surface area contributed by atoms with E-state index in [4.69, 9.17) is 17.3 Å². The SMILES string of the molecule is NC(=O)CNC(=O)c1sccc1Cl. The van der Waals surface area contributed by atoms with Crippen LogP contribution in [-0.4, -0.2) is 18.4 Å². The number of amides is 2. The molecule has 2 amide bonds. The number of carbonyl (C=O) groups is 2. The van der Waals surface area contributed by atoms with Gasteiger partial charge in [0.25, 0.3) is 5.91 Å². The molecule has 0 aliphatic heterocycles. The highest BCUT2D eigenvalue weighted by molar-refractivity contribution is 7.12. The molecule has 1 aromatic rings. The Hall–Kier alpha value is -1.07. The van der Waals surface area contributed by atoms with Crippen LogP contribution in [0.2, 0.25) is 5.02 Å². The molecule has 0 spiro atoms. The van der Waals surface area contributed by atoms with Crippen LogP contribution in [0, 0.1) is 0 Å². The molecule has 1 aromatic heterocycles. The van der Waals surface area contributed by atoms with Crippen molar-refractivity contribution in [2.45, 2.75) is 0 Å². The van der Waals surface area contributed by atoms with Gasteiger partial charge in [-0.25, -0.2) is 0 Å². The van der Waals surface area contributed by atoms with Gasteiger partial charge in [-0.2, -0.15) is 0 Å². The molecule has 0 aliphatic carbocycles. The molecule has 13 heavy (non-hydrogen) atoms. The quantitative estimate of drug-likeness (QED) is 0.781. The predicted octanol–water partition coefficient (Wildman–Crippen LogP) is 0.617. The van der Waals surface area contributed by atoms with Crippen LogP contribution in [0.1, 0.15) is 9.67 Å². The molecule has 0 aromatic carbocycles. The molecule has 1 heterocycles. The maximum absolute atomic E-state index is 11.2. The predicted molar refractivity (Wildman–Crippen MR) is 50.9 cm³/mol. The van der Waals surface area contributed by atoms with Crippen LogP contribution in [-0.2, 0) is 4.79 Å². The lowest BCUT2D eigenvalue weighted by Gasteiger charge is -1.99. The Morgan fingerprint density at radius 2 is 2.31 bits per heavy atom. The fourth-order valence-electron chi connectivity index (χ4n) is 0.703. The smallest absolute Gasteiger partial charge is 0.263 e. The molecule has 0 aliphatic rings. The average molecular weight is 219 g/mol. The highest BCUT2D eigenvalue weighted by Crippen LogP contribution is 2.21. The second-order valence-corrected chi connectivity index (χ2v) is 3.57. The largest absolute Gasteiger partial charge is 0.368 e. The minimum atomic E-state index is -0.582. The Balaban J connectivity index is 2.59. The molecule has 6 heteroatoms. The topological polar surface area (TPSA) is 72.2 Å². The molecule has 1 rings (SSSR count). The Labute approximate surface area is 83.7 Å². The first kappa shape index (κ1) is 10.0. The van der Waals surface area contributed by atoms with Crippen LogP contribution in [0.3, 0.4) is 0 Å². The number of primary amides is 1. The van der Waals surface area contributed by atoms with Gasteiger partial charge in [0.2, 0.25) is 5.91 Å². The molecule has 0 unspecified atom stereocenters. The third-order valence-electron chi connectivity index (χ3n) is 1.25. The van der Waals surface area contributed by atoms with E-state index in [2.05, 4.69) is 5.32 Å². The van der Waals surface area contributed by atoms with E-state index in [1.807, 2.05) is 0 Å². The molecular weight excluding hydrogens is 212 g/mol. The van der Waals surface area contributed by atoms with Gasteiger partial charge in [0.15, 0.2) is 0 Å². The van der Waals surface area contributed by atoms with Crippen molar-refractivity contribution in [1.82, 2.24) is 5.32 Å². The van der Waals surface area contributed by atoms with Gasteiger partial charge in [-0.15, -0.1) is 11.3 Å². The second kappa shape index (κ2) is 4.25. The van der Waals surface area contributed by atoms with Crippen LogP contribution >= 0.6 is 22.9 Å². The van der Waals surface area contributed by atoms with E-state index >= 15 is 0 Å². The molecule has 0 radical (unpaired) electrons. The van der Waals surface area contributed by atoms with Crippen molar-refractivity contribution in [3.8, 4) is 0 Å². The second-order valence-electron chi connectivity index (χ2n) is 2.25. The summed E-state index contributed by atoms with van der Waals surface area (Å²) in [4.78, 5) is 22.0. The average Bonchev–Trinajstić information content (AvgIpc) is 2.47. The summed E-state index contributed by atoms with van der Waals surface area (Å²) in [7, 11) is 0. The number of carbonyl (C=O) groups excluding carboxylic acids is 2. The monoisotopic (exact) mass is 218 g/mol. The maximum Gasteiger partial charge on any atom is 0.263 e. The van der Waals surface area contributed by atoms with Crippen molar-refractivity contribution in [2.75, 3.05) is 6.54 Å². The number of halogens is 1. The van der Waals surface area contributed by atoms with Crippen LogP contribution in [0.5, 0.6) is 0 Å². The summed E-state index contributed by atoms with van der Waals surface area (Å²) in [5.74, 6) is -0.958. The summed E-state index contributed by atoms with van der Waals surface area (Å²) in [5.41, 5.74) is 4.85.